The highest BCUT2D eigenvalue weighted by atomic mass is 16.5. The lowest BCUT2D eigenvalue weighted by molar-refractivity contribution is -0.120. The van der Waals surface area contributed by atoms with Crippen LogP contribution in [0.4, 0.5) is 0 Å². The molecule has 5 heteroatoms. The maximum absolute atomic E-state index is 12.0. The molecule has 0 bridgehead atoms. The second kappa shape index (κ2) is 10.6. The molecule has 0 aliphatic rings. The first-order valence-electron chi connectivity index (χ1n) is 8.38. The van der Waals surface area contributed by atoms with E-state index in [1.165, 1.54) is 37.5 Å². The summed E-state index contributed by atoms with van der Waals surface area (Å²) in [5, 5.41) is 12.0. The standard InChI is InChI=1S/C18H27NO4/c1-3-5-6-7-8-9-10-17(21)19-18(22)14-11-12-15(20)16(13-14)23-4-2/h11-13,20H,3-10H2,1-2H3,(H,19,21,22). The van der Waals surface area contributed by atoms with Crippen LogP contribution in [0.2, 0.25) is 0 Å². The molecule has 23 heavy (non-hydrogen) atoms. The van der Waals surface area contributed by atoms with Gasteiger partial charge < -0.3 is 9.84 Å². The number of benzene rings is 1. The number of carbonyl (C=O) groups excluding carboxylic acids is 2. The summed E-state index contributed by atoms with van der Waals surface area (Å²) in [7, 11) is 0. The quantitative estimate of drug-likeness (QED) is 0.643. The van der Waals surface area contributed by atoms with Crippen molar-refractivity contribution in [2.75, 3.05) is 6.61 Å². The van der Waals surface area contributed by atoms with E-state index >= 15 is 0 Å². The average Bonchev–Trinajstić information content (AvgIpc) is 2.53. The van der Waals surface area contributed by atoms with Gasteiger partial charge in [0, 0.05) is 12.0 Å². The molecule has 0 aliphatic heterocycles. The predicted octanol–water partition coefficient (Wildman–Crippen LogP) is 3.80. The van der Waals surface area contributed by atoms with Crippen LogP contribution >= 0.6 is 0 Å². The van der Waals surface area contributed by atoms with Crippen molar-refractivity contribution in [2.45, 2.75) is 58.8 Å². The highest BCUT2D eigenvalue weighted by molar-refractivity contribution is 6.04. The molecule has 0 unspecified atom stereocenters. The zero-order chi connectivity index (χ0) is 17.1. The SMILES string of the molecule is CCCCCCCCC(=O)NC(=O)c1ccc(O)c(OCC)c1. The number of hydrogen-bond acceptors (Lipinski definition) is 4. The van der Waals surface area contributed by atoms with Gasteiger partial charge in [0.25, 0.3) is 5.91 Å². The van der Waals surface area contributed by atoms with E-state index in [1.807, 2.05) is 0 Å². The maximum atomic E-state index is 12.0. The fourth-order valence-corrected chi connectivity index (χ4v) is 2.25. The number of imide groups is 1. The van der Waals surface area contributed by atoms with Crippen molar-refractivity contribution in [3.8, 4) is 11.5 Å². The average molecular weight is 321 g/mol. The van der Waals surface area contributed by atoms with E-state index in [0.29, 0.717) is 18.6 Å². The van der Waals surface area contributed by atoms with Gasteiger partial charge in [-0.15, -0.1) is 0 Å². The number of amides is 2. The molecular formula is C18H27NO4. The monoisotopic (exact) mass is 321 g/mol. The van der Waals surface area contributed by atoms with Crippen LogP contribution in [0.25, 0.3) is 0 Å². The summed E-state index contributed by atoms with van der Waals surface area (Å²) in [5.41, 5.74) is 0.294. The number of aromatic hydroxyl groups is 1. The van der Waals surface area contributed by atoms with Gasteiger partial charge >= 0.3 is 0 Å². The Bertz CT molecular complexity index is 514. The van der Waals surface area contributed by atoms with Crippen LogP contribution in [-0.2, 0) is 4.79 Å². The van der Waals surface area contributed by atoms with Crippen LogP contribution < -0.4 is 10.1 Å². The Morgan fingerprint density at radius 2 is 1.78 bits per heavy atom. The Kier molecular flexibility index (Phi) is 8.80. The van der Waals surface area contributed by atoms with Crippen molar-refractivity contribution in [1.82, 2.24) is 5.32 Å². The van der Waals surface area contributed by atoms with Gasteiger partial charge in [-0.2, -0.15) is 0 Å². The van der Waals surface area contributed by atoms with Crippen LogP contribution in [0.15, 0.2) is 18.2 Å². The number of carbonyl (C=O) groups is 2. The van der Waals surface area contributed by atoms with E-state index in [1.54, 1.807) is 6.92 Å². The Hall–Kier alpha value is -2.04. The summed E-state index contributed by atoms with van der Waals surface area (Å²) in [6, 6.07) is 4.29. The predicted molar refractivity (Wildman–Crippen MR) is 89.7 cm³/mol. The van der Waals surface area contributed by atoms with Crippen molar-refractivity contribution in [1.29, 1.82) is 0 Å². The van der Waals surface area contributed by atoms with Crippen LogP contribution in [0, 0.1) is 0 Å². The number of rotatable bonds is 10. The molecule has 1 rings (SSSR count). The first kappa shape index (κ1) is 19.0. The molecule has 5 nitrogen and oxygen atoms in total. The second-order valence-corrected chi connectivity index (χ2v) is 5.51. The Labute approximate surface area is 138 Å². The molecule has 0 radical (unpaired) electrons. The lowest BCUT2D eigenvalue weighted by atomic mass is 10.1. The van der Waals surface area contributed by atoms with Crippen LogP contribution in [0.5, 0.6) is 11.5 Å². The summed E-state index contributed by atoms with van der Waals surface area (Å²) >= 11 is 0. The Morgan fingerprint density at radius 1 is 1.09 bits per heavy atom. The van der Waals surface area contributed by atoms with Gasteiger partial charge in [-0.25, -0.2) is 0 Å². The summed E-state index contributed by atoms with van der Waals surface area (Å²) in [6.45, 7) is 4.34. The van der Waals surface area contributed by atoms with Crippen molar-refractivity contribution in [3.63, 3.8) is 0 Å². The smallest absolute Gasteiger partial charge is 0.257 e. The third-order valence-electron chi connectivity index (χ3n) is 3.53. The van der Waals surface area contributed by atoms with Crippen LogP contribution in [0.3, 0.4) is 0 Å². The first-order valence-corrected chi connectivity index (χ1v) is 8.38. The number of phenolic OH excluding ortho intramolecular Hbond substituents is 1. The molecule has 128 valence electrons. The normalized spacial score (nSPS) is 10.3. The zero-order valence-electron chi connectivity index (χ0n) is 14.1. The molecule has 0 spiro atoms. The number of phenols is 1. The van der Waals surface area contributed by atoms with Gasteiger partial charge in [0.05, 0.1) is 6.61 Å². The molecule has 0 aromatic heterocycles. The fourth-order valence-electron chi connectivity index (χ4n) is 2.25. The molecule has 0 saturated carbocycles. The minimum Gasteiger partial charge on any atom is -0.504 e. The molecule has 0 atom stereocenters. The summed E-state index contributed by atoms with van der Waals surface area (Å²) in [5.74, 6) is -0.524. The topological polar surface area (TPSA) is 75.6 Å². The Balaban J connectivity index is 2.40. The fraction of sp³-hybridized carbons (Fsp3) is 0.556. The lowest BCUT2D eigenvalue weighted by Crippen LogP contribution is -2.30. The summed E-state index contributed by atoms with van der Waals surface area (Å²) in [6.07, 6.45) is 6.92. The molecule has 0 heterocycles. The number of ether oxygens (including phenoxy) is 1. The van der Waals surface area contributed by atoms with E-state index in [4.69, 9.17) is 4.74 Å². The van der Waals surface area contributed by atoms with Gasteiger partial charge in [0.15, 0.2) is 11.5 Å². The molecule has 0 aliphatic carbocycles. The van der Waals surface area contributed by atoms with E-state index in [9.17, 15) is 14.7 Å². The molecule has 1 aromatic carbocycles. The third kappa shape index (κ3) is 7.17. The molecule has 2 N–H and O–H groups in total. The van der Waals surface area contributed by atoms with Gasteiger partial charge in [0.1, 0.15) is 0 Å². The highest BCUT2D eigenvalue weighted by Crippen LogP contribution is 2.26. The Morgan fingerprint density at radius 3 is 2.48 bits per heavy atom. The lowest BCUT2D eigenvalue weighted by Gasteiger charge is -2.08. The van der Waals surface area contributed by atoms with Crippen molar-refractivity contribution in [2.24, 2.45) is 0 Å². The second-order valence-electron chi connectivity index (χ2n) is 5.51. The van der Waals surface area contributed by atoms with Crippen molar-refractivity contribution >= 4 is 11.8 Å². The minimum absolute atomic E-state index is 0.0261. The molecule has 2 amide bonds. The third-order valence-corrected chi connectivity index (χ3v) is 3.53. The maximum Gasteiger partial charge on any atom is 0.257 e. The highest BCUT2D eigenvalue weighted by Gasteiger charge is 2.13. The van der Waals surface area contributed by atoms with Crippen molar-refractivity contribution < 1.29 is 19.4 Å². The molecule has 0 fully saturated rings. The largest absolute Gasteiger partial charge is 0.504 e. The van der Waals surface area contributed by atoms with Gasteiger partial charge in [-0.05, 0) is 31.5 Å². The molecule has 0 saturated heterocycles. The van der Waals surface area contributed by atoms with Gasteiger partial charge in [-0.1, -0.05) is 39.0 Å². The van der Waals surface area contributed by atoms with Gasteiger partial charge in [-0.3, -0.25) is 14.9 Å². The molecule has 1 aromatic rings. The summed E-state index contributed by atoms with van der Waals surface area (Å²) in [4.78, 5) is 23.8. The van der Waals surface area contributed by atoms with E-state index in [0.717, 1.165) is 19.3 Å². The number of hydrogen-bond donors (Lipinski definition) is 2. The first-order chi connectivity index (χ1) is 11.1. The van der Waals surface area contributed by atoms with E-state index < -0.39 is 5.91 Å². The van der Waals surface area contributed by atoms with Crippen molar-refractivity contribution in [3.05, 3.63) is 23.8 Å². The van der Waals surface area contributed by atoms with E-state index in [-0.39, 0.29) is 17.4 Å². The van der Waals surface area contributed by atoms with Crippen LogP contribution in [0.1, 0.15) is 69.2 Å². The van der Waals surface area contributed by atoms with E-state index in [2.05, 4.69) is 12.2 Å². The summed E-state index contributed by atoms with van der Waals surface area (Å²) < 4.78 is 5.23. The zero-order valence-corrected chi connectivity index (χ0v) is 14.1. The van der Waals surface area contributed by atoms with Gasteiger partial charge in [0.2, 0.25) is 5.91 Å². The molecular weight excluding hydrogens is 294 g/mol. The number of unbranched alkanes of at least 4 members (excludes halogenated alkanes) is 5. The number of nitrogens with one attached hydrogen (secondary N) is 1. The minimum atomic E-state index is -0.470. The van der Waals surface area contributed by atoms with Crippen LogP contribution in [-0.4, -0.2) is 23.5 Å².